The van der Waals surface area contributed by atoms with Crippen LogP contribution in [0.2, 0.25) is 0 Å². The third kappa shape index (κ3) is 5.98. The van der Waals surface area contributed by atoms with Crippen molar-refractivity contribution in [3.63, 3.8) is 0 Å². The maximum absolute atomic E-state index is 5.36. The molecule has 0 bridgehead atoms. The summed E-state index contributed by atoms with van der Waals surface area (Å²) in [4.78, 5) is 15.8. The average Bonchev–Trinajstić information content (AvgIpc) is 3.88. The molecule has 0 N–H and O–H groups in total. The van der Waals surface area contributed by atoms with Gasteiger partial charge in [-0.15, -0.1) is 0 Å². The fourth-order valence-corrected chi connectivity index (χ4v) is 9.06. The summed E-state index contributed by atoms with van der Waals surface area (Å²) >= 11 is 0. The monoisotopic (exact) mass is 791 g/mol. The van der Waals surface area contributed by atoms with Gasteiger partial charge in [-0.3, -0.25) is 4.57 Å². The summed E-state index contributed by atoms with van der Waals surface area (Å²) in [5, 5.41) is 4.63. The van der Waals surface area contributed by atoms with Gasteiger partial charge in [0.15, 0.2) is 11.6 Å². The Kier molecular flexibility index (Phi) is 8.42. The summed E-state index contributed by atoms with van der Waals surface area (Å²) < 4.78 is 4.63. The van der Waals surface area contributed by atoms with E-state index in [1.165, 1.54) is 33.0 Å². The third-order valence-corrected chi connectivity index (χ3v) is 12.0. The van der Waals surface area contributed by atoms with Crippen LogP contribution in [0.4, 0.5) is 0 Å². The Morgan fingerprint density at radius 3 is 1.21 bits per heavy atom. The highest BCUT2D eigenvalue weighted by atomic mass is 15.2. The lowest BCUT2D eigenvalue weighted by Crippen LogP contribution is -2.07. The molecular formula is C57H37N5. The number of aromatic nitrogens is 5. The fourth-order valence-electron chi connectivity index (χ4n) is 9.06. The molecule has 12 aromatic rings. The van der Waals surface area contributed by atoms with Gasteiger partial charge in [0.05, 0.1) is 22.1 Å². The molecule has 3 heterocycles. The van der Waals surface area contributed by atoms with E-state index in [9.17, 15) is 0 Å². The molecule has 3 aromatic heterocycles. The van der Waals surface area contributed by atoms with Crippen molar-refractivity contribution < 1.29 is 0 Å². The summed E-state index contributed by atoms with van der Waals surface area (Å²) in [6.07, 6.45) is 0. The Hall–Kier alpha value is -8.41. The summed E-state index contributed by atoms with van der Waals surface area (Å²) in [6.45, 7) is 0. The average molecular weight is 792 g/mol. The zero-order chi connectivity index (χ0) is 41.0. The first-order chi connectivity index (χ1) is 30.7. The Balaban J connectivity index is 1.03. The molecule has 9 aromatic carbocycles. The highest BCUT2D eigenvalue weighted by Crippen LogP contribution is 2.42. The molecule has 0 saturated carbocycles. The molecule has 12 rings (SSSR count). The Morgan fingerprint density at radius 1 is 0.258 bits per heavy atom. The first-order valence-corrected chi connectivity index (χ1v) is 20.9. The van der Waals surface area contributed by atoms with Crippen molar-refractivity contribution >= 4 is 43.6 Å². The molecule has 5 heteroatoms. The highest BCUT2D eigenvalue weighted by Gasteiger charge is 2.23. The standard InChI is InChI=1S/C57H37N5/c1-4-16-38(17-5-1)42-20-14-22-44(36-42)45-23-15-21-43(37-45)39-30-32-41(33-31-39)56-58-55(40-18-6-2-7-19-40)59-57(60-56)62-52-29-13-11-27-48(52)50-35-34-49-47-26-10-12-28-51(47)61(53(49)54(50)62)46-24-8-3-9-25-46/h1-37H. The molecule has 0 amide bonds. The summed E-state index contributed by atoms with van der Waals surface area (Å²) in [7, 11) is 0. The minimum atomic E-state index is 0.562. The molecule has 0 spiro atoms. The van der Waals surface area contributed by atoms with Gasteiger partial charge in [-0.2, -0.15) is 9.97 Å². The topological polar surface area (TPSA) is 48.5 Å². The van der Waals surface area contributed by atoms with Gasteiger partial charge >= 0.3 is 0 Å². The maximum Gasteiger partial charge on any atom is 0.238 e. The van der Waals surface area contributed by atoms with E-state index in [-0.39, 0.29) is 0 Å². The minimum Gasteiger partial charge on any atom is -0.307 e. The molecule has 0 saturated heterocycles. The molecular weight excluding hydrogens is 755 g/mol. The van der Waals surface area contributed by atoms with Gasteiger partial charge in [0, 0.05) is 38.4 Å². The number of nitrogens with zero attached hydrogens (tertiary/aromatic N) is 5. The third-order valence-electron chi connectivity index (χ3n) is 12.0. The maximum atomic E-state index is 5.36. The summed E-state index contributed by atoms with van der Waals surface area (Å²) in [5.41, 5.74) is 14.3. The Bertz CT molecular complexity index is 3610. The van der Waals surface area contributed by atoms with Crippen molar-refractivity contribution in [2.24, 2.45) is 0 Å². The van der Waals surface area contributed by atoms with Gasteiger partial charge < -0.3 is 4.57 Å². The van der Waals surface area contributed by atoms with E-state index in [1.54, 1.807) is 0 Å². The molecule has 0 atom stereocenters. The smallest absolute Gasteiger partial charge is 0.238 e. The lowest BCUT2D eigenvalue weighted by atomic mass is 9.96. The molecule has 0 fully saturated rings. The van der Waals surface area contributed by atoms with Crippen LogP contribution in [0, 0.1) is 0 Å². The van der Waals surface area contributed by atoms with Gasteiger partial charge in [0.25, 0.3) is 0 Å². The number of benzene rings is 9. The second-order valence-corrected chi connectivity index (χ2v) is 15.7. The Labute approximate surface area is 358 Å². The number of rotatable bonds is 7. The molecule has 290 valence electrons. The van der Waals surface area contributed by atoms with Crippen molar-refractivity contribution in [1.82, 2.24) is 24.1 Å². The quantitative estimate of drug-likeness (QED) is 0.162. The van der Waals surface area contributed by atoms with Crippen LogP contribution in [0.3, 0.4) is 0 Å². The van der Waals surface area contributed by atoms with Crippen LogP contribution in [0.25, 0.3) is 111 Å². The van der Waals surface area contributed by atoms with Crippen LogP contribution in [0.1, 0.15) is 0 Å². The fraction of sp³-hybridized carbons (Fsp3) is 0. The summed E-state index contributed by atoms with van der Waals surface area (Å²) in [6, 6.07) is 79.2. The van der Waals surface area contributed by atoms with Crippen LogP contribution in [0.15, 0.2) is 224 Å². The van der Waals surface area contributed by atoms with E-state index >= 15 is 0 Å². The first kappa shape index (κ1) is 35.5. The SMILES string of the molecule is c1ccc(-c2cccc(-c3cccc(-c4ccc(-c5nc(-c6ccccc6)nc(-n6c7ccccc7c7ccc8c9ccccc9n(-c9ccccc9)c8c76)n5)cc4)c3)c2)cc1. The van der Waals surface area contributed by atoms with Gasteiger partial charge in [0.2, 0.25) is 5.95 Å². The van der Waals surface area contributed by atoms with Crippen LogP contribution >= 0.6 is 0 Å². The first-order valence-electron chi connectivity index (χ1n) is 20.9. The second kappa shape index (κ2) is 14.7. The lowest BCUT2D eigenvalue weighted by molar-refractivity contribution is 0.953. The van der Waals surface area contributed by atoms with Gasteiger partial charge in [-0.25, -0.2) is 4.98 Å². The van der Waals surface area contributed by atoms with E-state index < -0.39 is 0 Å². The van der Waals surface area contributed by atoms with Crippen molar-refractivity contribution in [2.75, 3.05) is 0 Å². The number of hydrogen-bond donors (Lipinski definition) is 0. The van der Waals surface area contributed by atoms with Crippen molar-refractivity contribution in [2.45, 2.75) is 0 Å². The zero-order valence-corrected chi connectivity index (χ0v) is 33.6. The predicted molar refractivity (Wildman–Crippen MR) is 256 cm³/mol. The Morgan fingerprint density at radius 2 is 0.645 bits per heavy atom. The largest absolute Gasteiger partial charge is 0.307 e. The molecule has 0 aliphatic carbocycles. The lowest BCUT2D eigenvalue weighted by Gasteiger charge is -2.13. The van der Waals surface area contributed by atoms with Crippen molar-refractivity contribution in [1.29, 1.82) is 0 Å². The zero-order valence-electron chi connectivity index (χ0n) is 33.6. The van der Waals surface area contributed by atoms with Gasteiger partial charge in [-0.05, 0) is 69.8 Å². The second-order valence-electron chi connectivity index (χ2n) is 15.7. The van der Waals surface area contributed by atoms with Gasteiger partial charge in [-0.1, -0.05) is 188 Å². The summed E-state index contributed by atoms with van der Waals surface area (Å²) in [5.74, 6) is 1.78. The highest BCUT2D eigenvalue weighted by molar-refractivity contribution is 6.23. The molecule has 0 radical (unpaired) electrons. The van der Waals surface area contributed by atoms with E-state index in [4.69, 9.17) is 15.0 Å². The molecule has 5 nitrogen and oxygen atoms in total. The van der Waals surface area contributed by atoms with Crippen LogP contribution in [-0.4, -0.2) is 24.1 Å². The van der Waals surface area contributed by atoms with E-state index in [0.717, 1.165) is 60.8 Å². The van der Waals surface area contributed by atoms with E-state index in [2.05, 4.69) is 215 Å². The number of hydrogen-bond acceptors (Lipinski definition) is 3. The molecule has 0 aliphatic heterocycles. The number of fused-ring (bicyclic) bond motifs is 7. The van der Waals surface area contributed by atoms with Crippen molar-refractivity contribution in [3.05, 3.63) is 224 Å². The minimum absolute atomic E-state index is 0.562. The van der Waals surface area contributed by atoms with E-state index in [0.29, 0.717) is 17.6 Å². The van der Waals surface area contributed by atoms with Crippen LogP contribution in [0.5, 0.6) is 0 Å². The number of para-hydroxylation sites is 3. The van der Waals surface area contributed by atoms with Crippen LogP contribution < -0.4 is 0 Å². The molecule has 0 unspecified atom stereocenters. The van der Waals surface area contributed by atoms with Crippen molar-refractivity contribution in [3.8, 4) is 67.8 Å². The molecule has 62 heavy (non-hydrogen) atoms. The normalized spacial score (nSPS) is 11.5. The molecule has 0 aliphatic rings. The predicted octanol–water partition coefficient (Wildman–Crippen LogP) is 14.4. The van der Waals surface area contributed by atoms with E-state index in [1.807, 2.05) is 18.2 Å². The van der Waals surface area contributed by atoms with Crippen LogP contribution in [-0.2, 0) is 0 Å². The van der Waals surface area contributed by atoms with Gasteiger partial charge in [0.1, 0.15) is 0 Å².